The summed E-state index contributed by atoms with van der Waals surface area (Å²) in [5.41, 5.74) is 6.08. The van der Waals surface area contributed by atoms with Crippen molar-refractivity contribution in [1.29, 1.82) is 0 Å². The molecule has 0 amide bonds. The number of amidine groups is 1. The van der Waals surface area contributed by atoms with Crippen LogP contribution in [-0.2, 0) is 0 Å². The number of ether oxygens (including phenoxy) is 2. The maximum atomic E-state index is 6.41. The summed E-state index contributed by atoms with van der Waals surface area (Å²) in [4.78, 5) is 6.54. The first kappa shape index (κ1) is 24.8. The van der Waals surface area contributed by atoms with Crippen LogP contribution in [0.4, 0.5) is 0 Å². The molecule has 4 rings (SSSR count). The average Bonchev–Trinajstić information content (AvgIpc) is 3.26. The van der Waals surface area contributed by atoms with Crippen LogP contribution < -0.4 is 14.9 Å². The quantitative estimate of drug-likeness (QED) is 0.428. The molecule has 0 saturated heterocycles. The Hall–Kier alpha value is -3.80. The summed E-state index contributed by atoms with van der Waals surface area (Å²) in [6.07, 6.45) is 6.35. The zero-order valence-corrected chi connectivity index (χ0v) is 20.7. The minimum absolute atomic E-state index is 0.0680. The summed E-state index contributed by atoms with van der Waals surface area (Å²) in [5, 5.41) is 5.52. The number of hydrazone groups is 1. The van der Waals surface area contributed by atoms with Crippen LogP contribution >= 0.6 is 0 Å². The summed E-state index contributed by atoms with van der Waals surface area (Å²) in [6.45, 7) is 10.3. The third-order valence-corrected chi connectivity index (χ3v) is 5.55. The molecule has 2 aromatic carbocycles. The molecule has 2 unspecified atom stereocenters. The van der Waals surface area contributed by atoms with Crippen molar-refractivity contribution in [3.05, 3.63) is 85.1 Å². The molecule has 3 aromatic rings. The highest BCUT2D eigenvalue weighted by molar-refractivity contribution is 5.90. The van der Waals surface area contributed by atoms with Gasteiger partial charge in [0.15, 0.2) is 11.9 Å². The van der Waals surface area contributed by atoms with E-state index in [1.165, 1.54) is 0 Å². The first-order chi connectivity index (χ1) is 16.6. The summed E-state index contributed by atoms with van der Waals surface area (Å²) >= 11 is 0. The highest BCUT2D eigenvalue weighted by atomic mass is 16.5. The number of hydrogen-bond donors (Lipinski definition) is 1. The van der Waals surface area contributed by atoms with Crippen molar-refractivity contribution in [2.45, 2.75) is 39.5 Å². The van der Waals surface area contributed by atoms with Crippen LogP contribution in [0.5, 0.6) is 11.5 Å². The highest BCUT2D eigenvalue weighted by Crippen LogP contribution is 2.29. The summed E-state index contributed by atoms with van der Waals surface area (Å²) in [7, 11) is 3.66. The molecular formula is C28H34N4O2. The van der Waals surface area contributed by atoms with Gasteiger partial charge in [0.25, 0.3) is 0 Å². The molecule has 2 atom stereocenters. The Morgan fingerprint density at radius 2 is 1.94 bits per heavy atom. The number of nitrogens with zero attached hydrogens (tertiary/aromatic N) is 3. The Kier molecular flexibility index (Phi) is 8.68. The van der Waals surface area contributed by atoms with E-state index in [0.717, 1.165) is 45.8 Å². The average molecular weight is 459 g/mol. The number of hydrogen-bond acceptors (Lipinski definition) is 6. The largest absolute Gasteiger partial charge is 0.497 e. The lowest BCUT2D eigenvalue weighted by Crippen LogP contribution is -2.42. The third kappa shape index (κ3) is 5.57. The Morgan fingerprint density at radius 1 is 1.18 bits per heavy atom. The number of aromatic nitrogens is 1. The molecule has 34 heavy (non-hydrogen) atoms. The van der Waals surface area contributed by atoms with Gasteiger partial charge in [0.2, 0.25) is 0 Å². The first-order valence-corrected chi connectivity index (χ1v) is 11.7. The molecular weight excluding hydrogens is 424 g/mol. The van der Waals surface area contributed by atoms with Crippen LogP contribution in [0.25, 0.3) is 16.5 Å². The van der Waals surface area contributed by atoms with E-state index in [1.54, 1.807) is 13.3 Å². The number of nitrogens with one attached hydrogen (secondary N) is 1. The lowest BCUT2D eigenvalue weighted by molar-refractivity contribution is 0.246. The van der Waals surface area contributed by atoms with Crippen LogP contribution in [0.1, 0.15) is 32.8 Å². The van der Waals surface area contributed by atoms with Gasteiger partial charge in [-0.15, -0.1) is 0 Å². The van der Waals surface area contributed by atoms with E-state index in [9.17, 15) is 0 Å². The van der Waals surface area contributed by atoms with E-state index < -0.39 is 0 Å². The molecule has 0 bridgehead atoms. The van der Waals surface area contributed by atoms with Crippen molar-refractivity contribution in [2.75, 3.05) is 14.2 Å². The van der Waals surface area contributed by atoms with Gasteiger partial charge < -0.3 is 14.4 Å². The highest BCUT2D eigenvalue weighted by Gasteiger charge is 2.29. The minimum Gasteiger partial charge on any atom is -0.497 e. The monoisotopic (exact) mass is 458 g/mol. The van der Waals surface area contributed by atoms with Crippen LogP contribution in [-0.4, -0.2) is 42.1 Å². The number of likely N-dealkylation sites (N-methyl/N-ethyl adjacent to an activating group) is 1. The molecule has 0 saturated carbocycles. The fourth-order valence-corrected chi connectivity index (χ4v) is 3.67. The van der Waals surface area contributed by atoms with E-state index in [-0.39, 0.29) is 12.3 Å². The Labute approximate surface area is 202 Å². The lowest BCUT2D eigenvalue weighted by atomic mass is 10.1. The number of benzene rings is 2. The van der Waals surface area contributed by atoms with Gasteiger partial charge in [-0.1, -0.05) is 63.8 Å². The molecule has 178 valence electrons. The van der Waals surface area contributed by atoms with Gasteiger partial charge in [-0.3, -0.25) is 10.4 Å². The molecule has 2 heterocycles. The maximum Gasteiger partial charge on any atom is 0.167 e. The summed E-state index contributed by atoms with van der Waals surface area (Å²) in [6, 6.07) is 17.8. The third-order valence-electron chi connectivity index (χ3n) is 5.55. The topological polar surface area (TPSA) is 59.0 Å². The van der Waals surface area contributed by atoms with E-state index >= 15 is 0 Å². The molecule has 1 N–H and O–H groups in total. The number of allylic oxidation sites excluding steroid dienone is 2. The minimum atomic E-state index is -0.198. The van der Waals surface area contributed by atoms with Gasteiger partial charge in [0, 0.05) is 24.7 Å². The molecule has 0 spiro atoms. The van der Waals surface area contributed by atoms with Crippen LogP contribution in [0.3, 0.4) is 0 Å². The second-order valence-electron chi connectivity index (χ2n) is 7.61. The fraction of sp³-hybridized carbons (Fsp3) is 0.286. The molecule has 0 aliphatic carbocycles. The van der Waals surface area contributed by atoms with Crippen LogP contribution in [0, 0.1) is 0 Å². The normalized spacial score (nSPS) is 15.9. The molecule has 1 aromatic heterocycles. The summed E-state index contributed by atoms with van der Waals surface area (Å²) < 4.78 is 11.7. The van der Waals surface area contributed by atoms with Gasteiger partial charge in [0.05, 0.1) is 12.6 Å². The Balaban J connectivity index is 0.00000158. The predicted octanol–water partition coefficient (Wildman–Crippen LogP) is 5.87. The van der Waals surface area contributed by atoms with E-state index in [4.69, 9.17) is 9.47 Å². The van der Waals surface area contributed by atoms with Crippen molar-refractivity contribution in [3.63, 3.8) is 0 Å². The zero-order chi connectivity index (χ0) is 24.5. The van der Waals surface area contributed by atoms with Crippen molar-refractivity contribution in [3.8, 4) is 11.5 Å². The fourth-order valence-electron chi connectivity index (χ4n) is 3.67. The zero-order valence-electron chi connectivity index (χ0n) is 20.7. The van der Waals surface area contributed by atoms with E-state index in [1.807, 2.05) is 69.4 Å². The Bertz CT molecular complexity index is 1160. The molecule has 6 nitrogen and oxygen atoms in total. The van der Waals surface area contributed by atoms with E-state index in [0.29, 0.717) is 0 Å². The van der Waals surface area contributed by atoms with Gasteiger partial charge >= 0.3 is 0 Å². The molecule has 0 fully saturated rings. The van der Waals surface area contributed by atoms with E-state index in [2.05, 4.69) is 52.1 Å². The van der Waals surface area contributed by atoms with Gasteiger partial charge in [-0.25, -0.2) is 0 Å². The number of methoxy groups -OCH3 is 1. The van der Waals surface area contributed by atoms with Gasteiger partial charge in [-0.2, -0.15) is 5.10 Å². The number of fused-ring (bicyclic) bond motifs is 1. The molecule has 6 heteroatoms. The second-order valence-corrected chi connectivity index (χ2v) is 7.61. The number of rotatable bonds is 8. The molecule has 1 aliphatic rings. The first-order valence-electron chi connectivity index (χ1n) is 11.7. The predicted molar refractivity (Wildman–Crippen MR) is 141 cm³/mol. The van der Waals surface area contributed by atoms with Crippen LogP contribution in [0.2, 0.25) is 0 Å². The summed E-state index contributed by atoms with van der Waals surface area (Å²) in [5.74, 6) is 2.40. The second kappa shape index (κ2) is 11.9. The van der Waals surface area contributed by atoms with Crippen molar-refractivity contribution >= 4 is 22.3 Å². The van der Waals surface area contributed by atoms with Crippen molar-refractivity contribution in [2.24, 2.45) is 5.10 Å². The van der Waals surface area contributed by atoms with Gasteiger partial charge in [0.1, 0.15) is 17.7 Å². The Morgan fingerprint density at radius 3 is 2.65 bits per heavy atom. The lowest BCUT2D eigenvalue weighted by Gasteiger charge is -2.25. The SMILES string of the molecule is C=C(/C=C\C1NN=C(C(CC)Oc2ccnc3cc(OC)ccc23)N1C)c1ccccc1.CC. The van der Waals surface area contributed by atoms with Crippen LogP contribution in [0.15, 0.2) is 84.6 Å². The maximum absolute atomic E-state index is 6.41. The van der Waals surface area contributed by atoms with Crippen molar-refractivity contribution in [1.82, 2.24) is 15.3 Å². The van der Waals surface area contributed by atoms with Gasteiger partial charge in [-0.05, 0) is 41.8 Å². The molecule has 1 aliphatic heterocycles. The van der Waals surface area contributed by atoms with Crippen molar-refractivity contribution < 1.29 is 9.47 Å². The smallest absolute Gasteiger partial charge is 0.167 e. The number of pyridine rings is 1. The standard InChI is InChI=1S/C26H28N4O2.C2H6/c1-5-23(32-24-15-16-27-22-17-20(31-4)12-13-21(22)24)26-29-28-25(30(26)3)14-11-18(2)19-9-7-6-8-10-19;1-2/h6-17,23,25,28H,2,5H2,1,3-4H3;1-2H3/b14-11-;. The molecule has 0 radical (unpaired) electrons.